The molecular formula is C8H19NO2. The lowest BCUT2D eigenvalue weighted by atomic mass is 10.0. The van der Waals surface area contributed by atoms with Gasteiger partial charge >= 0.3 is 0 Å². The van der Waals surface area contributed by atoms with Crippen LogP contribution in [0.25, 0.3) is 0 Å². The van der Waals surface area contributed by atoms with Gasteiger partial charge in [-0.15, -0.1) is 0 Å². The molecule has 0 aliphatic heterocycles. The molecule has 0 aromatic rings. The third-order valence-corrected chi connectivity index (χ3v) is 1.73. The average molecular weight is 161 g/mol. The molecule has 68 valence electrons. The number of aliphatic hydroxyl groups is 1. The molecule has 0 aromatic carbocycles. The molecule has 0 radical (unpaired) electrons. The maximum atomic E-state index is 9.37. The molecule has 11 heavy (non-hydrogen) atoms. The molecule has 0 heterocycles. The third-order valence-electron chi connectivity index (χ3n) is 1.73. The van der Waals surface area contributed by atoms with Crippen molar-refractivity contribution in [3.8, 4) is 0 Å². The molecule has 3 heteroatoms. The SMILES string of the molecule is CCOC(N)(O)CC(C)CC. The first kappa shape index (κ1) is 10.9. The van der Waals surface area contributed by atoms with Crippen LogP contribution in [0.15, 0.2) is 0 Å². The van der Waals surface area contributed by atoms with E-state index in [1.54, 1.807) is 0 Å². The van der Waals surface area contributed by atoms with Gasteiger partial charge in [0.1, 0.15) is 0 Å². The zero-order valence-electron chi connectivity index (χ0n) is 7.63. The van der Waals surface area contributed by atoms with E-state index in [1.165, 1.54) is 0 Å². The number of rotatable bonds is 5. The van der Waals surface area contributed by atoms with Crippen molar-refractivity contribution in [2.24, 2.45) is 11.7 Å². The summed E-state index contributed by atoms with van der Waals surface area (Å²) in [5.74, 6) is -1.03. The minimum absolute atomic E-state index is 0.400. The van der Waals surface area contributed by atoms with Crippen LogP contribution in [-0.2, 0) is 4.74 Å². The van der Waals surface area contributed by atoms with Crippen molar-refractivity contribution in [1.29, 1.82) is 0 Å². The highest BCUT2D eigenvalue weighted by molar-refractivity contribution is 4.62. The predicted molar refractivity (Wildman–Crippen MR) is 44.8 cm³/mol. The van der Waals surface area contributed by atoms with Crippen molar-refractivity contribution in [2.45, 2.75) is 39.5 Å². The van der Waals surface area contributed by atoms with E-state index in [-0.39, 0.29) is 0 Å². The molecule has 0 aromatic heterocycles. The summed E-state index contributed by atoms with van der Waals surface area (Å²) < 4.78 is 4.94. The van der Waals surface area contributed by atoms with Gasteiger partial charge in [0.25, 0.3) is 0 Å². The zero-order chi connectivity index (χ0) is 8.91. The van der Waals surface area contributed by atoms with Gasteiger partial charge in [0.15, 0.2) is 0 Å². The predicted octanol–water partition coefficient (Wildman–Crippen LogP) is 1.06. The second-order valence-electron chi connectivity index (χ2n) is 3.00. The topological polar surface area (TPSA) is 55.5 Å². The second kappa shape index (κ2) is 4.70. The lowest BCUT2D eigenvalue weighted by molar-refractivity contribution is -0.206. The van der Waals surface area contributed by atoms with Crippen molar-refractivity contribution >= 4 is 0 Å². The largest absolute Gasteiger partial charge is 0.353 e. The zero-order valence-corrected chi connectivity index (χ0v) is 7.63. The minimum atomic E-state index is -1.43. The summed E-state index contributed by atoms with van der Waals surface area (Å²) in [6, 6.07) is 0. The van der Waals surface area contributed by atoms with E-state index in [0.29, 0.717) is 18.9 Å². The fraction of sp³-hybridized carbons (Fsp3) is 1.00. The van der Waals surface area contributed by atoms with Crippen molar-refractivity contribution in [3.05, 3.63) is 0 Å². The van der Waals surface area contributed by atoms with Gasteiger partial charge in [-0.25, -0.2) is 0 Å². The van der Waals surface area contributed by atoms with Crippen LogP contribution in [0.3, 0.4) is 0 Å². The summed E-state index contributed by atoms with van der Waals surface area (Å²) in [5, 5.41) is 9.37. The molecule has 0 spiro atoms. The first-order valence-electron chi connectivity index (χ1n) is 4.17. The van der Waals surface area contributed by atoms with Crippen LogP contribution in [0.1, 0.15) is 33.6 Å². The van der Waals surface area contributed by atoms with Crippen LogP contribution in [0.2, 0.25) is 0 Å². The van der Waals surface area contributed by atoms with Crippen LogP contribution in [0.4, 0.5) is 0 Å². The number of ether oxygens (including phenoxy) is 1. The van der Waals surface area contributed by atoms with E-state index in [0.717, 1.165) is 6.42 Å². The van der Waals surface area contributed by atoms with E-state index < -0.39 is 5.91 Å². The molecule has 0 bridgehead atoms. The van der Waals surface area contributed by atoms with Gasteiger partial charge in [0, 0.05) is 13.0 Å². The van der Waals surface area contributed by atoms with Crippen molar-refractivity contribution in [2.75, 3.05) is 6.61 Å². The molecule has 0 saturated carbocycles. The Kier molecular flexibility index (Phi) is 4.65. The van der Waals surface area contributed by atoms with Gasteiger partial charge < -0.3 is 9.84 Å². The minimum Gasteiger partial charge on any atom is -0.353 e. The quantitative estimate of drug-likeness (QED) is 0.593. The van der Waals surface area contributed by atoms with Gasteiger partial charge in [0.2, 0.25) is 5.91 Å². The third kappa shape index (κ3) is 5.18. The van der Waals surface area contributed by atoms with Crippen LogP contribution in [0.5, 0.6) is 0 Å². The van der Waals surface area contributed by atoms with E-state index >= 15 is 0 Å². The molecule has 0 aliphatic rings. The van der Waals surface area contributed by atoms with Crippen molar-refractivity contribution in [1.82, 2.24) is 0 Å². The maximum absolute atomic E-state index is 9.37. The van der Waals surface area contributed by atoms with E-state index in [2.05, 4.69) is 6.92 Å². The van der Waals surface area contributed by atoms with Crippen LogP contribution < -0.4 is 5.73 Å². The molecule has 3 N–H and O–H groups in total. The van der Waals surface area contributed by atoms with Gasteiger partial charge in [-0.2, -0.15) is 0 Å². The summed E-state index contributed by atoms with van der Waals surface area (Å²) in [6.45, 7) is 6.36. The van der Waals surface area contributed by atoms with Crippen LogP contribution in [0, 0.1) is 5.92 Å². The Morgan fingerprint density at radius 3 is 2.45 bits per heavy atom. The Bertz CT molecular complexity index is 104. The highest BCUT2D eigenvalue weighted by atomic mass is 16.6. The fourth-order valence-corrected chi connectivity index (χ4v) is 0.952. The Morgan fingerprint density at radius 2 is 2.09 bits per heavy atom. The lowest BCUT2D eigenvalue weighted by Gasteiger charge is -2.25. The monoisotopic (exact) mass is 161 g/mol. The van der Waals surface area contributed by atoms with Gasteiger partial charge in [-0.3, -0.25) is 5.73 Å². The molecule has 0 saturated heterocycles. The van der Waals surface area contributed by atoms with Crippen LogP contribution >= 0.6 is 0 Å². The fourth-order valence-electron chi connectivity index (χ4n) is 0.952. The Labute approximate surface area is 68.5 Å². The second-order valence-corrected chi connectivity index (χ2v) is 3.00. The van der Waals surface area contributed by atoms with Gasteiger partial charge in [-0.05, 0) is 12.8 Å². The lowest BCUT2D eigenvalue weighted by Crippen LogP contribution is -2.43. The highest BCUT2D eigenvalue weighted by Crippen LogP contribution is 2.15. The molecule has 0 rings (SSSR count). The molecule has 3 nitrogen and oxygen atoms in total. The molecule has 2 unspecified atom stereocenters. The first-order chi connectivity index (χ1) is 5.02. The van der Waals surface area contributed by atoms with E-state index in [4.69, 9.17) is 10.5 Å². The number of nitrogens with two attached hydrogens (primary N) is 1. The molecule has 0 aliphatic carbocycles. The number of hydrogen-bond donors (Lipinski definition) is 2. The Balaban J connectivity index is 3.70. The summed E-state index contributed by atoms with van der Waals surface area (Å²) in [4.78, 5) is 0. The van der Waals surface area contributed by atoms with Crippen molar-refractivity contribution in [3.63, 3.8) is 0 Å². The van der Waals surface area contributed by atoms with Crippen LogP contribution in [-0.4, -0.2) is 17.6 Å². The average Bonchev–Trinajstić information content (AvgIpc) is 1.86. The standard InChI is InChI=1S/C8H19NO2/c1-4-7(3)6-8(9,10)11-5-2/h7,10H,4-6,9H2,1-3H3. The summed E-state index contributed by atoms with van der Waals surface area (Å²) >= 11 is 0. The van der Waals surface area contributed by atoms with Gasteiger partial charge in [0.05, 0.1) is 0 Å². The first-order valence-corrected chi connectivity index (χ1v) is 4.17. The summed E-state index contributed by atoms with van der Waals surface area (Å²) in [7, 11) is 0. The maximum Gasteiger partial charge on any atom is 0.222 e. The molecule has 0 amide bonds. The highest BCUT2D eigenvalue weighted by Gasteiger charge is 2.23. The van der Waals surface area contributed by atoms with E-state index in [9.17, 15) is 5.11 Å². The molecule has 0 fully saturated rings. The van der Waals surface area contributed by atoms with E-state index in [1.807, 2.05) is 13.8 Å². The Morgan fingerprint density at radius 1 is 1.55 bits per heavy atom. The smallest absolute Gasteiger partial charge is 0.222 e. The van der Waals surface area contributed by atoms with Crippen molar-refractivity contribution < 1.29 is 9.84 Å². The molecule has 2 atom stereocenters. The molecular weight excluding hydrogens is 142 g/mol. The summed E-state index contributed by atoms with van der Waals surface area (Å²) in [6.07, 6.45) is 1.50. The Hall–Kier alpha value is -0.120. The normalized spacial score (nSPS) is 19.4. The van der Waals surface area contributed by atoms with Gasteiger partial charge in [-0.1, -0.05) is 20.3 Å². The number of hydrogen-bond acceptors (Lipinski definition) is 3. The summed E-state index contributed by atoms with van der Waals surface area (Å²) in [5.41, 5.74) is 5.44.